The number of aromatic amines is 1. The average Bonchev–Trinajstić information content (AvgIpc) is 3.24. The number of benzene rings is 1. The van der Waals surface area contributed by atoms with Crippen molar-refractivity contribution in [2.24, 2.45) is 0 Å². The van der Waals surface area contributed by atoms with Crippen molar-refractivity contribution < 1.29 is 4.79 Å². The highest BCUT2D eigenvalue weighted by Crippen LogP contribution is 2.18. The molecule has 8 nitrogen and oxygen atoms in total. The monoisotopic (exact) mass is 337 g/mol. The van der Waals surface area contributed by atoms with Gasteiger partial charge in [0.2, 0.25) is 11.7 Å². The number of fused-ring (bicyclic) bond motifs is 1. The number of tetrazole rings is 1. The minimum Gasteiger partial charge on any atom is -0.351 e. The maximum absolute atomic E-state index is 12.3. The lowest BCUT2D eigenvalue weighted by Gasteiger charge is -2.22. The molecule has 3 aromatic rings. The second kappa shape index (κ2) is 6.46. The second-order valence-corrected chi connectivity index (χ2v) is 6.39. The smallest absolute Gasteiger partial charge is 0.243 e. The van der Waals surface area contributed by atoms with E-state index >= 15 is 0 Å². The van der Waals surface area contributed by atoms with Crippen LogP contribution in [0.4, 0.5) is 0 Å². The normalized spacial score (nSPS) is 16.4. The molecule has 1 unspecified atom stereocenters. The maximum atomic E-state index is 12.3. The van der Waals surface area contributed by atoms with E-state index in [-0.39, 0.29) is 18.5 Å². The summed E-state index contributed by atoms with van der Waals surface area (Å²) in [5, 5.41) is 22.4. The van der Waals surface area contributed by atoms with Crippen molar-refractivity contribution in [1.29, 1.82) is 0 Å². The van der Waals surface area contributed by atoms with Crippen LogP contribution < -0.4 is 5.32 Å². The van der Waals surface area contributed by atoms with E-state index in [0.29, 0.717) is 5.82 Å². The average molecular weight is 337 g/mol. The summed E-state index contributed by atoms with van der Waals surface area (Å²) in [6, 6.07) is 8.01. The van der Waals surface area contributed by atoms with Gasteiger partial charge >= 0.3 is 0 Å². The molecule has 0 saturated carbocycles. The van der Waals surface area contributed by atoms with E-state index in [1.807, 2.05) is 37.4 Å². The van der Waals surface area contributed by atoms with Gasteiger partial charge in [-0.2, -0.15) is 9.90 Å². The molecule has 128 valence electrons. The van der Waals surface area contributed by atoms with Crippen LogP contribution in [-0.4, -0.2) is 42.4 Å². The highest BCUT2D eigenvalue weighted by Gasteiger charge is 2.21. The Morgan fingerprint density at radius 1 is 1.36 bits per heavy atom. The molecule has 0 spiro atoms. The Balaban J connectivity index is 1.36. The number of hydrogen-bond donors (Lipinski definition) is 2. The zero-order chi connectivity index (χ0) is 17.2. The lowest BCUT2D eigenvalue weighted by molar-refractivity contribution is -0.122. The molecular weight excluding hydrogens is 318 g/mol. The number of carbonyl (C=O) groups excluding carboxylic acids is 1. The van der Waals surface area contributed by atoms with Gasteiger partial charge in [0.25, 0.3) is 0 Å². The summed E-state index contributed by atoms with van der Waals surface area (Å²) >= 11 is 0. The molecule has 1 aliphatic carbocycles. The third kappa shape index (κ3) is 3.42. The SMILES string of the molecule is Cc1ccc(-c2nnn(CC(=O)NC3CCc4[nH]ncc4C3)n2)cc1. The standard InChI is InChI=1S/C17H19N7O/c1-11-2-4-12(5-3-11)17-21-23-24(22-17)10-16(25)19-14-6-7-15-13(8-14)9-18-20-15/h2-5,9,14H,6-8,10H2,1H3,(H,18,20)(H,19,25). The van der Waals surface area contributed by atoms with E-state index in [1.54, 1.807) is 0 Å². The molecule has 1 aromatic carbocycles. The highest BCUT2D eigenvalue weighted by atomic mass is 16.2. The second-order valence-electron chi connectivity index (χ2n) is 6.39. The third-order valence-corrected chi connectivity index (χ3v) is 4.43. The summed E-state index contributed by atoms with van der Waals surface area (Å²) < 4.78 is 0. The first-order valence-corrected chi connectivity index (χ1v) is 8.33. The van der Waals surface area contributed by atoms with Crippen molar-refractivity contribution in [1.82, 2.24) is 35.7 Å². The maximum Gasteiger partial charge on any atom is 0.243 e. The number of nitrogens with one attached hydrogen (secondary N) is 2. The highest BCUT2D eigenvalue weighted by molar-refractivity contribution is 5.76. The van der Waals surface area contributed by atoms with Gasteiger partial charge < -0.3 is 5.32 Å². The molecular formula is C17H19N7O. The number of aryl methyl sites for hydroxylation is 2. The Morgan fingerprint density at radius 2 is 2.20 bits per heavy atom. The Hall–Kier alpha value is -3.03. The van der Waals surface area contributed by atoms with Crippen LogP contribution in [0.5, 0.6) is 0 Å². The topological polar surface area (TPSA) is 101 Å². The molecule has 25 heavy (non-hydrogen) atoms. The van der Waals surface area contributed by atoms with Crippen molar-refractivity contribution in [3.8, 4) is 11.4 Å². The minimum absolute atomic E-state index is 0.0631. The summed E-state index contributed by atoms with van der Waals surface area (Å²) in [4.78, 5) is 13.6. The molecule has 1 amide bonds. The van der Waals surface area contributed by atoms with Crippen LogP contribution in [0.15, 0.2) is 30.5 Å². The van der Waals surface area contributed by atoms with Crippen molar-refractivity contribution in [2.45, 2.75) is 38.8 Å². The van der Waals surface area contributed by atoms with Gasteiger partial charge in [-0.15, -0.1) is 10.2 Å². The molecule has 8 heteroatoms. The largest absolute Gasteiger partial charge is 0.351 e. The molecule has 0 aliphatic heterocycles. The minimum atomic E-state index is -0.107. The van der Waals surface area contributed by atoms with Gasteiger partial charge in [0.05, 0.1) is 6.20 Å². The number of nitrogens with zero attached hydrogens (tertiary/aromatic N) is 5. The van der Waals surface area contributed by atoms with Gasteiger partial charge in [0.1, 0.15) is 6.54 Å². The van der Waals surface area contributed by atoms with Crippen LogP contribution in [0.3, 0.4) is 0 Å². The molecule has 2 heterocycles. The first kappa shape index (κ1) is 15.5. The van der Waals surface area contributed by atoms with Crippen molar-refractivity contribution in [2.75, 3.05) is 0 Å². The number of H-pyrrole nitrogens is 1. The molecule has 2 aromatic heterocycles. The predicted molar refractivity (Wildman–Crippen MR) is 90.5 cm³/mol. The zero-order valence-corrected chi connectivity index (χ0v) is 13.9. The summed E-state index contributed by atoms with van der Waals surface area (Å²) in [5.41, 5.74) is 4.41. The molecule has 1 aliphatic rings. The summed E-state index contributed by atoms with van der Waals surface area (Å²) in [6.07, 6.45) is 4.44. The fraction of sp³-hybridized carbons (Fsp3) is 0.353. The van der Waals surface area contributed by atoms with E-state index in [0.717, 1.165) is 24.8 Å². The van der Waals surface area contributed by atoms with Crippen LogP contribution in [0.2, 0.25) is 0 Å². The summed E-state index contributed by atoms with van der Waals surface area (Å²) in [7, 11) is 0. The first-order valence-electron chi connectivity index (χ1n) is 8.33. The quantitative estimate of drug-likeness (QED) is 0.741. The van der Waals surface area contributed by atoms with E-state index in [9.17, 15) is 4.79 Å². The van der Waals surface area contributed by atoms with E-state index < -0.39 is 0 Å². The number of aromatic nitrogens is 6. The van der Waals surface area contributed by atoms with Crippen molar-refractivity contribution in [3.63, 3.8) is 0 Å². The van der Waals surface area contributed by atoms with Crippen LogP contribution >= 0.6 is 0 Å². The van der Waals surface area contributed by atoms with Gasteiger partial charge in [-0.25, -0.2) is 0 Å². The number of rotatable bonds is 4. The Labute approximate surface area is 144 Å². The molecule has 0 fully saturated rings. The van der Waals surface area contributed by atoms with Crippen LogP contribution in [-0.2, 0) is 24.2 Å². The molecule has 0 radical (unpaired) electrons. The lowest BCUT2D eigenvalue weighted by atomic mass is 9.93. The first-order chi connectivity index (χ1) is 12.2. The third-order valence-electron chi connectivity index (χ3n) is 4.43. The van der Waals surface area contributed by atoms with Crippen LogP contribution in [0.25, 0.3) is 11.4 Å². The Bertz CT molecular complexity index is 881. The summed E-state index contributed by atoms with van der Waals surface area (Å²) in [6.45, 7) is 2.09. The van der Waals surface area contributed by atoms with E-state index in [1.165, 1.54) is 21.6 Å². The van der Waals surface area contributed by atoms with Crippen molar-refractivity contribution in [3.05, 3.63) is 47.3 Å². The van der Waals surface area contributed by atoms with Gasteiger partial charge in [0.15, 0.2) is 0 Å². The van der Waals surface area contributed by atoms with Crippen molar-refractivity contribution >= 4 is 5.91 Å². The molecule has 4 rings (SSSR count). The number of hydrogen-bond acceptors (Lipinski definition) is 5. The molecule has 0 saturated heterocycles. The lowest BCUT2D eigenvalue weighted by Crippen LogP contribution is -2.40. The van der Waals surface area contributed by atoms with Gasteiger partial charge in [0, 0.05) is 17.3 Å². The van der Waals surface area contributed by atoms with Gasteiger partial charge in [-0.05, 0) is 37.0 Å². The molecule has 2 N–H and O–H groups in total. The van der Waals surface area contributed by atoms with Gasteiger partial charge in [-0.3, -0.25) is 9.89 Å². The van der Waals surface area contributed by atoms with Crippen LogP contribution in [0, 0.1) is 6.92 Å². The summed E-state index contributed by atoms with van der Waals surface area (Å²) in [5.74, 6) is 0.415. The molecule has 0 bridgehead atoms. The zero-order valence-electron chi connectivity index (χ0n) is 13.9. The Kier molecular flexibility index (Phi) is 4.01. The van der Waals surface area contributed by atoms with E-state index in [2.05, 4.69) is 30.9 Å². The Morgan fingerprint density at radius 3 is 3.04 bits per heavy atom. The number of amides is 1. The van der Waals surface area contributed by atoms with Gasteiger partial charge in [-0.1, -0.05) is 29.8 Å². The van der Waals surface area contributed by atoms with E-state index in [4.69, 9.17) is 0 Å². The predicted octanol–water partition coefficient (Wildman–Crippen LogP) is 1.05. The fourth-order valence-corrected chi connectivity index (χ4v) is 3.07. The molecule has 1 atom stereocenters. The van der Waals surface area contributed by atoms with Crippen LogP contribution in [0.1, 0.15) is 23.2 Å². The fourth-order valence-electron chi connectivity index (χ4n) is 3.07. The number of carbonyl (C=O) groups is 1.